The van der Waals surface area contributed by atoms with Gasteiger partial charge in [0, 0.05) is 26.1 Å². The zero-order valence-electron chi connectivity index (χ0n) is 13.0. The van der Waals surface area contributed by atoms with Crippen LogP contribution in [0.3, 0.4) is 0 Å². The Hall–Kier alpha value is -1.82. The van der Waals surface area contributed by atoms with Crippen LogP contribution in [0.5, 0.6) is 5.75 Å². The average molecular weight is 310 g/mol. The number of hydrogen-bond donors (Lipinski definition) is 1. The van der Waals surface area contributed by atoms with Gasteiger partial charge in [-0.25, -0.2) is 9.18 Å². The number of methoxy groups -OCH3 is 1. The van der Waals surface area contributed by atoms with Gasteiger partial charge in [0.1, 0.15) is 18.2 Å². The number of hydrogen-bond acceptors (Lipinski definition) is 3. The monoisotopic (exact) mass is 310 g/mol. The zero-order valence-corrected chi connectivity index (χ0v) is 13.0. The minimum atomic E-state index is -0.296. The second kappa shape index (κ2) is 7.98. The molecule has 1 fully saturated rings. The van der Waals surface area contributed by atoms with Crippen molar-refractivity contribution in [3.05, 3.63) is 30.1 Å². The summed E-state index contributed by atoms with van der Waals surface area (Å²) >= 11 is 0. The highest BCUT2D eigenvalue weighted by Crippen LogP contribution is 2.27. The van der Waals surface area contributed by atoms with Crippen molar-refractivity contribution in [1.82, 2.24) is 10.2 Å². The van der Waals surface area contributed by atoms with Crippen molar-refractivity contribution in [2.75, 3.05) is 33.9 Å². The summed E-state index contributed by atoms with van der Waals surface area (Å²) in [5.41, 5.74) is 0. The molecule has 1 aromatic carbocycles. The van der Waals surface area contributed by atoms with Crippen LogP contribution in [-0.4, -0.2) is 50.9 Å². The van der Waals surface area contributed by atoms with E-state index in [2.05, 4.69) is 5.32 Å². The lowest BCUT2D eigenvalue weighted by Gasteiger charge is -2.37. The summed E-state index contributed by atoms with van der Waals surface area (Å²) in [4.78, 5) is 13.6. The number of likely N-dealkylation sites (N-methyl/N-ethyl adjacent to an activating group) is 1. The Balaban J connectivity index is 1.67. The maximum Gasteiger partial charge on any atom is 0.317 e. The van der Waals surface area contributed by atoms with E-state index in [1.165, 1.54) is 12.1 Å². The molecule has 6 heteroatoms. The predicted octanol–water partition coefficient (Wildman–Crippen LogP) is 2.27. The summed E-state index contributed by atoms with van der Waals surface area (Å²) in [7, 11) is 3.41. The fraction of sp³-hybridized carbons (Fsp3) is 0.562. The quantitative estimate of drug-likeness (QED) is 0.840. The number of halogens is 1. The number of carbonyl (C=O) groups is 1. The third-order valence-electron chi connectivity index (χ3n) is 3.96. The smallest absolute Gasteiger partial charge is 0.317 e. The summed E-state index contributed by atoms with van der Waals surface area (Å²) in [5, 5.41) is 3.01. The van der Waals surface area contributed by atoms with E-state index >= 15 is 0 Å². The van der Waals surface area contributed by atoms with E-state index in [9.17, 15) is 9.18 Å². The van der Waals surface area contributed by atoms with Crippen molar-refractivity contribution in [3.8, 4) is 5.75 Å². The molecular weight excluding hydrogens is 287 g/mol. The van der Waals surface area contributed by atoms with Gasteiger partial charge in [0.2, 0.25) is 0 Å². The van der Waals surface area contributed by atoms with Crippen molar-refractivity contribution >= 4 is 6.03 Å². The van der Waals surface area contributed by atoms with E-state index < -0.39 is 0 Å². The summed E-state index contributed by atoms with van der Waals surface area (Å²) < 4.78 is 23.4. The summed E-state index contributed by atoms with van der Waals surface area (Å²) in [6.07, 6.45) is 2.09. The van der Waals surface area contributed by atoms with E-state index in [4.69, 9.17) is 9.47 Å². The molecule has 2 rings (SSSR count). The predicted molar refractivity (Wildman–Crippen MR) is 81.4 cm³/mol. The number of benzene rings is 1. The van der Waals surface area contributed by atoms with Gasteiger partial charge in [-0.2, -0.15) is 0 Å². The number of nitrogens with zero attached hydrogens (tertiary/aromatic N) is 1. The highest BCUT2D eigenvalue weighted by atomic mass is 19.1. The molecule has 1 saturated carbocycles. The molecule has 2 atom stereocenters. The van der Waals surface area contributed by atoms with Crippen LogP contribution < -0.4 is 10.1 Å². The first-order valence-corrected chi connectivity index (χ1v) is 7.49. The standard InChI is InChI=1S/C16H23FN2O3/c1-19(9-10-22-14-6-4-13(17)5-7-14)16(20)18-15-8-3-12(15)11-21-2/h4-7,12,15H,3,8-11H2,1-2H3,(H,18,20)/t12-,15-/m1/s1. The van der Waals surface area contributed by atoms with Gasteiger partial charge in [-0.05, 0) is 37.1 Å². The Kier molecular flexibility index (Phi) is 6.00. The molecular formula is C16H23FN2O3. The molecule has 1 aromatic rings. The average Bonchev–Trinajstić information content (AvgIpc) is 2.50. The lowest BCUT2D eigenvalue weighted by atomic mass is 9.80. The fourth-order valence-corrected chi connectivity index (χ4v) is 2.37. The molecule has 0 heterocycles. The Morgan fingerprint density at radius 2 is 2.09 bits per heavy atom. The molecule has 1 N–H and O–H groups in total. The Morgan fingerprint density at radius 1 is 1.36 bits per heavy atom. The van der Waals surface area contributed by atoms with Gasteiger partial charge < -0.3 is 19.7 Å². The van der Waals surface area contributed by atoms with Crippen LogP contribution in [0.4, 0.5) is 9.18 Å². The Labute approximate surface area is 130 Å². The topological polar surface area (TPSA) is 50.8 Å². The summed E-state index contributed by atoms with van der Waals surface area (Å²) in [6, 6.07) is 5.93. The maximum absolute atomic E-state index is 12.8. The van der Waals surface area contributed by atoms with Gasteiger partial charge in [-0.15, -0.1) is 0 Å². The second-order valence-corrected chi connectivity index (χ2v) is 5.57. The molecule has 0 unspecified atom stereocenters. The number of carbonyl (C=O) groups excluding carboxylic acids is 1. The van der Waals surface area contributed by atoms with Gasteiger partial charge >= 0.3 is 6.03 Å². The Bertz CT molecular complexity index is 481. The van der Waals surface area contributed by atoms with Crippen LogP contribution >= 0.6 is 0 Å². The van der Waals surface area contributed by atoms with Crippen molar-refractivity contribution < 1.29 is 18.7 Å². The minimum absolute atomic E-state index is 0.103. The first-order chi connectivity index (χ1) is 10.6. The van der Waals surface area contributed by atoms with Crippen molar-refractivity contribution in [2.45, 2.75) is 18.9 Å². The number of urea groups is 1. The molecule has 0 aliphatic heterocycles. The molecule has 122 valence electrons. The molecule has 0 saturated heterocycles. The zero-order chi connectivity index (χ0) is 15.9. The van der Waals surface area contributed by atoms with E-state index in [0.717, 1.165) is 12.8 Å². The first-order valence-electron chi connectivity index (χ1n) is 7.49. The molecule has 0 aromatic heterocycles. The van der Waals surface area contributed by atoms with E-state index in [-0.39, 0.29) is 17.9 Å². The van der Waals surface area contributed by atoms with Crippen LogP contribution in [0.15, 0.2) is 24.3 Å². The minimum Gasteiger partial charge on any atom is -0.492 e. The van der Waals surface area contributed by atoms with Crippen LogP contribution in [0.1, 0.15) is 12.8 Å². The van der Waals surface area contributed by atoms with Crippen LogP contribution in [0.2, 0.25) is 0 Å². The number of nitrogens with one attached hydrogen (secondary N) is 1. The third-order valence-corrected chi connectivity index (χ3v) is 3.96. The third kappa shape index (κ3) is 4.59. The van der Waals surface area contributed by atoms with E-state index in [1.54, 1.807) is 31.2 Å². The largest absolute Gasteiger partial charge is 0.492 e. The number of ether oxygens (including phenoxy) is 2. The van der Waals surface area contributed by atoms with Gasteiger partial charge in [-0.1, -0.05) is 0 Å². The lowest BCUT2D eigenvalue weighted by Crippen LogP contribution is -2.52. The SMILES string of the molecule is COC[C@H]1CC[C@H]1NC(=O)N(C)CCOc1ccc(F)cc1. The molecule has 0 bridgehead atoms. The highest BCUT2D eigenvalue weighted by molar-refractivity contribution is 5.74. The van der Waals surface area contributed by atoms with E-state index in [1.807, 2.05) is 0 Å². The first kappa shape index (κ1) is 16.5. The van der Waals surface area contributed by atoms with Crippen molar-refractivity contribution in [3.63, 3.8) is 0 Å². The Morgan fingerprint density at radius 3 is 2.68 bits per heavy atom. The molecule has 5 nitrogen and oxygen atoms in total. The van der Waals surface area contributed by atoms with Gasteiger partial charge in [0.25, 0.3) is 0 Å². The summed E-state index contributed by atoms with van der Waals surface area (Å²) in [5.74, 6) is 0.710. The number of rotatable bonds is 7. The molecule has 0 spiro atoms. The molecule has 22 heavy (non-hydrogen) atoms. The van der Waals surface area contributed by atoms with Gasteiger partial charge in [0.05, 0.1) is 13.2 Å². The lowest BCUT2D eigenvalue weighted by molar-refractivity contribution is 0.0800. The number of amides is 2. The van der Waals surface area contributed by atoms with Crippen LogP contribution in [0.25, 0.3) is 0 Å². The summed E-state index contributed by atoms with van der Waals surface area (Å²) in [6.45, 7) is 1.51. The molecule has 0 radical (unpaired) electrons. The normalized spacial score (nSPS) is 20.1. The molecule has 1 aliphatic carbocycles. The fourth-order valence-electron chi connectivity index (χ4n) is 2.37. The van der Waals surface area contributed by atoms with Crippen molar-refractivity contribution in [1.29, 1.82) is 0 Å². The van der Waals surface area contributed by atoms with Gasteiger partial charge in [-0.3, -0.25) is 0 Å². The highest BCUT2D eigenvalue weighted by Gasteiger charge is 2.32. The maximum atomic E-state index is 12.8. The molecule has 2 amide bonds. The van der Waals surface area contributed by atoms with Crippen LogP contribution in [-0.2, 0) is 4.74 Å². The second-order valence-electron chi connectivity index (χ2n) is 5.57. The van der Waals surface area contributed by atoms with Gasteiger partial charge in [0.15, 0.2) is 0 Å². The van der Waals surface area contributed by atoms with Crippen molar-refractivity contribution in [2.24, 2.45) is 5.92 Å². The molecule has 1 aliphatic rings. The van der Waals surface area contributed by atoms with E-state index in [0.29, 0.717) is 31.4 Å². The van der Waals surface area contributed by atoms with Crippen LogP contribution in [0, 0.1) is 11.7 Å².